The summed E-state index contributed by atoms with van der Waals surface area (Å²) >= 11 is 0. The molecule has 0 saturated carbocycles. The predicted octanol–water partition coefficient (Wildman–Crippen LogP) is 3.40. The van der Waals surface area contributed by atoms with Crippen molar-refractivity contribution < 1.29 is 22.4 Å². The van der Waals surface area contributed by atoms with E-state index in [2.05, 4.69) is 25.9 Å². The number of anilines is 2. The van der Waals surface area contributed by atoms with E-state index in [0.717, 1.165) is 12.1 Å². The van der Waals surface area contributed by atoms with Crippen molar-refractivity contribution in [1.82, 2.24) is 25.3 Å². The molecular weight excluding hydrogens is 401 g/mol. The number of halogens is 3. The number of carbonyl (C=O) groups excluding carboxylic acids is 1. The zero-order chi connectivity index (χ0) is 21.5. The van der Waals surface area contributed by atoms with Gasteiger partial charge in [0.05, 0.1) is 5.56 Å². The van der Waals surface area contributed by atoms with Crippen LogP contribution in [0.2, 0.25) is 0 Å². The fourth-order valence-electron chi connectivity index (χ4n) is 3.51. The molecule has 1 aliphatic heterocycles. The molecule has 1 aliphatic rings. The molecule has 1 amide bonds. The van der Waals surface area contributed by atoms with Gasteiger partial charge in [0.25, 0.3) is 5.89 Å². The van der Waals surface area contributed by atoms with E-state index >= 15 is 0 Å². The van der Waals surface area contributed by atoms with Crippen molar-refractivity contribution in [3.05, 3.63) is 41.9 Å². The van der Waals surface area contributed by atoms with Gasteiger partial charge in [0, 0.05) is 25.5 Å². The highest BCUT2D eigenvalue weighted by atomic mass is 19.4. The van der Waals surface area contributed by atoms with Crippen molar-refractivity contribution in [1.29, 1.82) is 0 Å². The summed E-state index contributed by atoms with van der Waals surface area (Å²) in [5, 5.41) is 18.2. The topological polar surface area (TPSA) is 97.9 Å². The molecule has 8 nitrogen and oxygen atoms in total. The minimum Gasteiger partial charge on any atom is -0.419 e. The highest BCUT2D eigenvalue weighted by molar-refractivity contribution is 5.89. The van der Waals surface area contributed by atoms with Gasteiger partial charge in [0.15, 0.2) is 5.82 Å². The van der Waals surface area contributed by atoms with Gasteiger partial charge in [-0.2, -0.15) is 18.3 Å². The third kappa shape index (κ3) is 3.40. The predicted molar refractivity (Wildman–Crippen MR) is 101 cm³/mol. The van der Waals surface area contributed by atoms with Crippen LogP contribution in [0.3, 0.4) is 0 Å². The van der Waals surface area contributed by atoms with Crippen molar-refractivity contribution in [3.63, 3.8) is 0 Å². The number of carbonyl (C=O) groups is 1. The number of amides is 1. The van der Waals surface area contributed by atoms with Crippen LogP contribution in [0, 0.1) is 0 Å². The molecule has 1 fully saturated rings. The molecular formula is C19H19F3N6O2. The third-order valence-electron chi connectivity index (χ3n) is 5.24. The molecule has 158 valence electrons. The molecule has 4 rings (SSSR count). The lowest BCUT2D eigenvalue weighted by molar-refractivity contribution is -0.137. The number of aryl methyl sites for hydroxylation is 1. The van der Waals surface area contributed by atoms with E-state index in [-0.39, 0.29) is 17.7 Å². The average molecular weight is 420 g/mol. The lowest BCUT2D eigenvalue weighted by atomic mass is 9.83. The number of hydrogen-bond acceptors (Lipinski definition) is 6. The maximum absolute atomic E-state index is 12.8. The third-order valence-corrected chi connectivity index (χ3v) is 5.24. The van der Waals surface area contributed by atoms with Crippen molar-refractivity contribution in [2.75, 3.05) is 11.9 Å². The lowest BCUT2D eigenvalue weighted by Gasteiger charge is -2.18. The molecule has 0 unspecified atom stereocenters. The van der Waals surface area contributed by atoms with Gasteiger partial charge < -0.3 is 15.1 Å². The summed E-state index contributed by atoms with van der Waals surface area (Å²) in [5.74, 6) is 0.600. The van der Waals surface area contributed by atoms with Crippen LogP contribution in [0.25, 0.3) is 11.5 Å². The average Bonchev–Trinajstić information content (AvgIpc) is 3.40. The van der Waals surface area contributed by atoms with E-state index < -0.39 is 17.2 Å². The van der Waals surface area contributed by atoms with E-state index in [1.165, 1.54) is 16.8 Å². The Morgan fingerprint density at radius 1 is 1.27 bits per heavy atom. The minimum absolute atomic E-state index is 0.144. The summed E-state index contributed by atoms with van der Waals surface area (Å²) in [6.07, 6.45) is -1.68. The number of rotatable bonds is 5. The Morgan fingerprint density at radius 2 is 2.00 bits per heavy atom. The van der Waals surface area contributed by atoms with Gasteiger partial charge >= 0.3 is 6.18 Å². The molecule has 1 saturated heterocycles. The molecule has 0 spiro atoms. The Labute approximate surface area is 169 Å². The minimum atomic E-state index is -4.41. The maximum Gasteiger partial charge on any atom is 0.416 e. The Balaban J connectivity index is 1.63. The van der Waals surface area contributed by atoms with Crippen LogP contribution in [-0.2, 0) is 23.4 Å². The van der Waals surface area contributed by atoms with Crippen LogP contribution in [0.15, 0.2) is 34.9 Å². The number of hydrogen-bond donors (Lipinski definition) is 2. The number of benzene rings is 1. The molecule has 2 aromatic heterocycles. The van der Waals surface area contributed by atoms with Gasteiger partial charge in [0.1, 0.15) is 11.0 Å². The van der Waals surface area contributed by atoms with Gasteiger partial charge in [-0.15, -0.1) is 10.2 Å². The molecule has 0 radical (unpaired) electrons. The second-order valence-electron chi connectivity index (χ2n) is 7.12. The van der Waals surface area contributed by atoms with Crippen LogP contribution in [-0.4, -0.2) is 32.4 Å². The van der Waals surface area contributed by atoms with Crippen molar-refractivity contribution >= 4 is 17.4 Å². The fraction of sp³-hybridized carbons (Fsp3) is 0.368. The normalized spacial score (nSPS) is 19.2. The first-order valence-electron chi connectivity index (χ1n) is 9.33. The van der Waals surface area contributed by atoms with Gasteiger partial charge in [0.2, 0.25) is 11.8 Å². The highest BCUT2D eigenvalue weighted by Gasteiger charge is 2.47. The number of nitrogens with zero attached hydrogens (tertiary/aromatic N) is 4. The number of alkyl halides is 3. The van der Waals surface area contributed by atoms with Crippen LogP contribution in [0.4, 0.5) is 24.7 Å². The van der Waals surface area contributed by atoms with Crippen LogP contribution in [0.1, 0.15) is 31.2 Å². The molecule has 0 bridgehead atoms. The van der Waals surface area contributed by atoms with Crippen molar-refractivity contribution in [2.45, 2.75) is 31.4 Å². The summed E-state index contributed by atoms with van der Waals surface area (Å²) in [6, 6.07) is 4.60. The second-order valence-corrected chi connectivity index (χ2v) is 7.12. The standard InChI is InChI=1S/C19H19F3N6O2/c1-3-18(8-9-23-16(18)29)17-26-25-15(30-17)13-10-28(2)27-14(13)24-12-6-4-11(5-7-12)19(20,21)22/h4-7,10H,3,8-9H2,1-2H3,(H,23,29)(H,24,27)/t18-/m1/s1. The van der Waals surface area contributed by atoms with Gasteiger partial charge in [-0.1, -0.05) is 6.92 Å². The Hall–Kier alpha value is -3.37. The Morgan fingerprint density at radius 3 is 2.60 bits per heavy atom. The van der Waals surface area contributed by atoms with Crippen LogP contribution >= 0.6 is 0 Å². The molecule has 3 aromatic rings. The van der Waals surface area contributed by atoms with Gasteiger partial charge in [-0.3, -0.25) is 9.48 Å². The largest absolute Gasteiger partial charge is 0.419 e. The van der Waals surface area contributed by atoms with Crippen molar-refractivity contribution in [3.8, 4) is 11.5 Å². The molecule has 1 atom stereocenters. The van der Waals surface area contributed by atoms with E-state index in [0.29, 0.717) is 36.5 Å². The molecule has 30 heavy (non-hydrogen) atoms. The monoisotopic (exact) mass is 420 g/mol. The first-order chi connectivity index (χ1) is 14.2. The van der Waals surface area contributed by atoms with Crippen molar-refractivity contribution in [2.24, 2.45) is 7.05 Å². The van der Waals surface area contributed by atoms with Gasteiger partial charge in [-0.05, 0) is 37.1 Å². The molecule has 1 aromatic carbocycles. The lowest BCUT2D eigenvalue weighted by Crippen LogP contribution is -2.35. The molecule has 0 aliphatic carbocycles. The smallest absolute Gasteiger partial charge is 0.416 e. The summed E-state index contributed by atoms with van der Waals surface area (Å²) < 4.78 is 45.7. The van der Waals surface area contributed by atoms with E-state index in [1.54, 1.807) is 13.2 Å². The molecule has 3 heterocycles. The van der Waals surface area contributed by atoms with Crippen LogP contribution in [0.5, 0.6) is 0 Å². The first kappa shape index (κ1) is 19.9. The zero-order valence-electron chi connectivity index (χ0n) is 16.2. The van der Waals surface area contributed by atoms with Crippen LogP contribution < -0.4 is 10.6 Å². The van der Waals surface area contributed by atoms with E-state index in [4.69, 9.17) is 4.42 Å². The summed E-state index contributed by atoms with van der Waals surface area (Å²) in [7, 11) is 1.69. The molecule has 11 heteroatoms. The fourth-order valence-corrected chi connectivity index (χ4v) is 3.51. The Kier molecular flexibility index (Phi) is 4.75. The quantitative estimate of drug-likeness (QED) is 0.657. The first-order valence-corrected chi connectivity index (χ1v) is 9.33. The highest BCUT2D eigenvalue weighted by Crippen LogP contribution is 2.37. The SMILES string of the molecule is CC[C@@]1(c2nnc(-c3cn(C)nc3Nc3ccc(C(F)(F)F)cc3)o2)CCNC1=O. The zero-order valence-corrected chi connectivity index (χ0v) is 16.2. The number of nitrogens with one attached hydrogen (secondary N) is 2. The number of aromatic nitrogens is 4. The molecule has 2 N–H and O–H groups in total. The maximum atomic E-state index is 12.8. The van der Waals surface area contributed by atoms with E-state index in [1.807, 2.05) is 6.92 Å². The summed E-state index contributed by atoms with van der Waals surface area (Å²) in [6.45, 7) is 2.43. The van der Waals surface area contributed by atoms with Gasteiger partial charge in [-0.25, -0.2) is 0 Å². The summed E-state index contributed by atoms with van der Waals surface area (Å²) in [5.41, 5.74) is -0.701. The van der Waals surface area contributed by atoms with E-state index in [9.17, 15) is 18.0 Å². The Bertz CT molecular complexity index is 1070. The summed E-state index contributed by atoms with van der Waals surface area (Å²) in [4.78, 5) is 12.3. The second kappa shape index (κ2) is 7.15.